The number of aliphatic hydroxyl groups excluding tert-OH is 1. The highest BCUT2D eigenvalue weighted by atomic mass is 16.6. The SMILES string of the molecule is CO[C@@H]1/C=C/C=C(\C)C(=O)Nc2cc(O)c(NCC3CC3)c(c2O)C[C@@H](C)C[C@@H](OC)[C@@H](O)[C@@H](C)/C=C(\C)[C@@H]1OC(N)=O. The zero-order chi connectivity index (χ0) is 31.8. The predicted molar refractivity (Wildman–Crippen MR) is 165 cm³/mol. The summed E-state index contributed by atoms with van der Waals surface area (Å²) >= 11 is 0. The maximum Gasteiger partial charge on any atom is 0.405 e. The Hall–Kier alpha value is -3.54. The van der Waals surface area contributed by atoms with Crippen LogP contribution in [0.4, 0.5) is 16.2 Å². The van der Waals surface area contributed by atoms with Crippen LogP contribution in [-0.4, -0.2) is 72.5 Å². The van der Waals surface area contributed by atoms with E-state index in [4.69, 9.17) is 19.9 Å². The van der Waals surface area contributed by atoms with Crippen molar-refractivity contribution in [1.29, 1.82) is 0 Å². The number of aliphatic hydroxyl groups is 1. The second-order valence-corrected chi connectivity index (χ2v) is 11.8. The molecule has 1 saturated carbocycles. The number of fused-ring (bicyclic) bond motifs is 2. The van der Waals surface area contributed by atoms with Crippen LogP contribution in [0.15, 0.2) is 41.5 Å². The van der Waals surface area contributed by atoms with E-state index in [9.17, 15) is 24.9 Å². The molecule has 238 valence electrons. The van der Waals surface area contributed by atoms with E-state index in [0.29, 0.717) is 47.7 Å². The summed E-state index contributed by atoms with van der Waals surface area (Å²) in [5.74, 6) is -0.687. The predicted octanol–water partition coefficient (Wildman–Crippen LogP) is 4.38. The fraction of sp³-hybridized carbons (Fsp3) is 0.562. The van der Waals surface area contributed by atoms with Gasteiger partial charge in [-0.1, -0.05) is 38.2 Å². The summed E-state index contributed by atoms with van der Waals surface area (Å²) in [4.78, 5) is 24.8. The van der Waals surface area contributed by atoms with Gasteiger partial charge >= 0.3 is 6.09 Å². The lowest BCUT2D eigenvalue weighted by Crippen LogP contribution is -2.37. The Bertz CT molecular complexity index is 1240. The number of anilines is 2. The van der Waals surface area contributed by atoms with Gasteiger partial charge in [-0.2, -0.15) is 0 Å². The number of hydrogen-bond donors (Lipinski definition) is 6. The molecule has 1 aliphatic carbocycles. The first kappa shape index (κ1) is 34.0. The molecular formula is C32H47N3O8. The number of phenolic OH excluding ortho intramolecular Hbond substituents is 2. The Morgan fingerprint density at radius 1 is 1.16 bits per heavy atom. The number of carbonyl (C=O) groups excluding carboxylic acids is 2. The molecule has 2 aliphatic rings. The van der Waals surface area contributed by atoms with E-state index in [-0.39, 0.29) is 23.1 Å². The third-order valence-corrected chi connectivity index (χ3v) is 8.10. The highest BCUT2D eigenvalue weighted by Crippen LogP contribution is 2.43. The van der Waals surface area contributed by atoms with E-state index < -0.39 is 42.3 Å². The number of nitrogens with two attached hydrogens (primary N) is 1. The zero-order valence-corrected chi connectivity index (χ0v) is 25.9. The highest BCUT2D eigenvalue weighted by Gasteiger charge is 2.30. The Labute approximate surface area is 253 Å². The van der Waals surface area contributed by atoms with Crippen LogP contribution in [-0.2, 0) is 25.4 Å². The molecule has 0 saturated heterocycles. The molecule has 1 fully saturated rings. The van der Waals surface area contributed by atoms with Crippen molar-refractivity contribution in [3.63, 3.8) is 0 Å². The van der Waals surface area contributed by atoms with Gasteiger partial charge < -0.3 is 45.9 Å². The first-order valence-electron chi connectivity index (χ1n) is 14.7. The number of hydrogen-bond acceptors (Lipinski definition) is 9. The Balaban J connectivity index is 2.08. The molecule has 11 nitrogen and oxygen atoms in total. The number of primary amides is 1. The lowest BCUT2D eigenvalue weighted by atomic mass is 9.87. The lowest BCUT2D eigenvalue weighted by molar-refractivity contribution is -0.112. The molecule has 0 spiro atoms. The molecule has 43 heavy (non-hydrogen) atoms. The molecule has 7 N–H and O–H groups in total. The number of phenols is 2. The van der Waals surface area contributed by atoms with Crippen molar-refractivity contribution < 1.29 is 39.1 Å². The highest BCUT2D eigenvalue weighted by molar-refractivity contribution is 6.04. The van der Waals surface area contributed by atoms with Crippen molar-refractivity contribution in [2.75, 3.05) is 31.4 Å². The van der Waals surface area contributed by atoms with Crippen molar-refractivity contribution in [3.05, 3.63) is 47.1 Å². The van der Waals surface area contributed by atoms with Crippen LogP contribution in [0.25, 0.3) is 0 Å². The topological polar surface area (TPSA) is 173 Å². The molecule has 1 heterocycles. The summed E-state index contributed by atoms with van der Waals surface area (Å²) in [6.07, 6.45) is 5.45. The molecule has 3 rings (SSSR count). The summed E-state index contributed by atoms with van der Waals surface area (Å²) in [7, 11) is 2.98. The number of amides is 2. The van der Waals surface area contributed by atoms with E-state index in [2.05, 4.69) is 10.6 Å². The number of methoxy groups -OCH3 is 2. The minimum Gasteiger partial charge on any atom is -0.506 e. The zero-order valence-electron chi connectivity index (χ0n) is 25.9. The molecule has 0 radical (unpaired) electrons. The van der Waals surface area contributed by atoms with Crippen LogP contribution in [0.2, 0.25) is 0 Å². The number of nitrogens with one attached hydrogen (secondary N) is 2. The van der Waals surface area contributed by atoms with Gasteiger partial charge in [-0.25, -0.2) is 4.79 Å². The third kappa shape index (κ3) is 9.22. The normalized spacial score (nSPS) is 30.7. The number of ether oxygens (including phenoxy) is 3. The van der Waals surface area contributed by atoms with Crippen molar-refractivity contribution in [1.82, 2.24) is 0 Å². The molecular weight excluding hydrogens is 554 g/mol. The van der Waals surface area contributed by atoms with Gasteiger partial charge in [-0.05, 0) is 56.9 Å². The van der Waals surface area contributed by atoms with Crippen LogP contribution in [0, 0.1) is 17.8 Å². The lowest BCUT2D eigenvalue weighted by Gasteiger charge is -2.29. The van der Waals surface area contributed by atoms with E-state index >= 15 is 0 Å². The molecule has 0 aromatic heterocycles. The van der Waals surface area contributed by atoms with Crippen LogP contribution in [0.5, 0.6) is 11.5 Å². The van der Waals surface area contributed by atoms with Gasteiger partial charge in [0.15, 0.2) is 6.10 Å². The summed E-state index contributed by atoms with van der Waals surface area (Å²) < 4.78 is 16.7. The van der Waals surface area contributed by atoms with E-state index in [1.807, 2.05) is 13.8 Å². The minimum atomic E-state index is -0.981. The number of rotatable bonds is 6. The summed E-state index contributed by atoms with van der Waals surface area (Å²) in [6.45, 7) is 7.84. The second-order valence-electron chi connectivity index (χ2n) is 11.8. The van der Waals surface area contributed by atoms with Gasteiger partial charge in [0.25, 0.3) is 5.91 Å². The Morgan fingerprint density at radius 2 is 1.86 bits per heavy atom. The molecule has 2 bridgehead atoms. The molecule has 1 aromatic rings. The molecule has 2 amide bonds. The van der Waals surface area contributed by atoms with Crippen LogP contribution in [0.1, 0.15) is 52.5 Å². The largest absolute Gasteiger partial charge is 0.506 e. The van der Waals surface area contributed by atoms with E-state index in [1.165, 1.54) is 20.3 Å². The number of carbonyl (C=O) groups is 2. The van der Waals surface area contributed by atoms with Crippen molar-refractivity contribution in [2.24, 2.45) is 23.5 Å². The van der Waals surface area contributed by atoms with Crippen molar-refractivity contribution >= 4 is 23.4 Å². The van der Waals surface area contributed by atoms with Crippen molar-refractivity contribution in [3.8, 4) is 11.5 Å². The average Bonchev–Trinajstić information content (AvgIpc) is 3.78. The van der Waals surface area contributed by atoms with Gasteiger partial charge in [0, 0.05) is 43.9 Å². The molecule has 1 aliphatic heterocycles. The Morgan fingerprint density at radius 3 is 2.47 bits per heavy atom. The van der Waals surface area contributed by atoms with Crippen LogP contribution >= 0.6 is 0 Å². The number of allylic oxidation sites excluding steroid dienone is 2. The van der Waals surface area contributed by atoms with E-state index in [1.54, 1.807) is 38.2 Å². The standard InChI is InChI=1S/C32H47N3O8/c1-17-12-22-27(34-16-21-10-11-21)24(36)15-23(29(22)38)35-31(39)18(2)8-7-9-25(41-5)30(43-32(33)40)20(4)14-19(3)28(37)26(13-17)42-6/h7-9,14-15,17,19,21,25-26,28,30,34,36-38H,10-13,16H2,1-6H3,(H2,33,40)(H,35,39)/b9-7+,18-8+,20-14+/t17-,19+,25-,26-,28+,30+/m1/s1. The van der Waals surface area contributed by atoms with Crippen LogP contribution < -0.4 is 16.4 Å². The Kier molecular flexibility index (Phi) is 12.1. The number of aromatic hydroxyl groups is 2. The third-order valence-electron chi connectivity index (χ3n) is 8.10. The quantitative estimate of drug-likeness (QED) is 0.157. The molecule has 0 unspecified atom stereocenters. The molecule has 1 aromatic carbocycles. The molecule has 11 heteroatoms. The van der Waals surface area contributed by atoms with Gasteiger partial charge in [0.2, 0.25) is 0 Å². The van der Waals surface area contributed by atoms with Crippen LogP contribution in [0.3, 0.4) is 0 Å². The van der Waals surface area contributed by atoms with Gasteiger partial charge in [0.1, 0.15) is 17.6 Å². The first-order valence-corrected chi connectivity index (χ1v) is 14.7. The summed E-state index contributed by atoms with van der Waals surface area (Å²) in [5, 5.41) is 39.6. The van der Waals surface area contributed by atoms with Gasteiger partial charge in [0.05, 0.1) is 23.6 Å². The van der Waals surface area contributed by atoms with Gasteiger partial charge in [-0.15, -0.1) is 0 Å². The summed E-state index contributed by atoms with van der Waals surface area (Å²) in [5.41, 5.74) is 7.28. The fourth-order valence-electron chi connectivity index (χ4n) is 5.38. The molecule has 6 atom stereocenters. The first-order chi connectivity index (χ1) is 20.4. The van der Waals surface area contributed by atoms with Gasteiger partial charge in [-0.3, -0.25) is 4.79 Å². The van der Waals surface area contributed by atoms with E-state index in [0.717, 1.165) is 12.8 Å². The fourth-order valence-corrected chi connectivity index (χ4v) is 5.38. The smallest absolute Gasteiger partial charge is 0.405 e. The summed E-state index contributed by atoms with van der Waals surface area (Å²) in [6, 6.07) is 1.34. The monoisotopic (exact) mass is 601 g/mol. The maximum atomic E-state index is 13.1. The maximum absolute atomic E-state index is 13.1. The number of benzene rings is 1. The average molecular weight is 602 g/mol. The minimum absolute atomic E-state index is 0.0793. The van der Waals surface area contributed by atoms with Crippen molar-refractivity contribution in [2.45, 2.75) is 77.8 Å². The second kappa shape index (κ2) is 15.3.